The lowest BCUT2D eigenvalue weighted by Crippen LogP contribution is -1.92. The molecule has 2 heterocycles. The Morgan fingerprint density at radius 1 is 1.33 bits per heavy atom. The van der Waals surface area contributed by atoms with Crippen LogP contribution in [0, 0.1) is 0 Å². The van der Waals surface area contributed by atoms with Gasteiger partial charge in [0.2, 0.25) is 0 Å². The summed E-state index contributed by atoms with van der Waals surface area (Å²) in [5, 5.41) is 9.79. The quantitative estimate of drug-likeness (QED) is 0.846. The van der Waals surface area contributed by atoms with Gasteiger partial charge in [-0.1, -0.05) is 12.8 Å². The van der Waals surface area contributed by atoms with Gasteiger partial charge in [0.15, 0.2) is 10.8 Å². The number of nitrogens with zero attached hydrogens (tertiary/aromatic N) is 3. The highest BCUT2D eigenvalue weighted by molar-refractivity contribution is 7.13. The molecule has 2 aromatic rings. The minimum atomic E-state index is 0.679. The maximum Gasteiger partial charge on any atom is 0.184 e. The Morgan fingerprint density at radius 2 is 2.20 bits per heavy atom. The van der Waals surface area contributed by atoms with E-state index in [2.05, 4.69) is 25.5 Å². The SMILES string of the molecule is c1n[nH]c(-c2nc(C3CCCC3)cs2)n1. The normalized spacial score (nSPS) is 17.3. The molecule has 0 bridgehead atoms. The zero-order valence-electron chi connectivity index (χ0n) is 8.31. The van der Waals surface area contributed by atoms with Crippen LogP contribution in [0.1, 0.15) is 37.3 Å². The Morgan fingerprint density at radius 3 is 2.93 bits per heavy atom. The van der Waals surface area contributed by atoms with E-state index in [1.807, 2.05) is 0 Å². The lowest BCUT2D eigenvalue weighted by molar-refractivity contribution is 0.703. The molecule has 4 nitrogen and oxygen atoms in total. The van der Waals surface area contributed by atoms with E-state index >= 15 is 0 Å². The summed E-state index contributed by atoms with van der Waals surface area (Å²) in [6.45, 7) is 0. The van der Waals surface area contributed by atoms with Gasteiger partial charge >= 0.3 is 0 Å². The molecule has 15 heavy (non-hydrogen) atoms. The number of nitrogens with one attached hydrogen (secondary N) is 1. The van der Waals surface area contributed by atoms with Gasteiger partial charge in [-0.15, -0.1) is 11.3 Å². The third-order valence-corrected chi connectivity index (χ3v) is 3.78. The molecule has 0 radical (unpaired) electrons. The van der Waals surface area contributed by atoms with Gasteiger partial charge in [-0.25, -0.2) is 9.97 Å². The summed E-state index contributed by atoms with van der Waals surface area (Å²) in [5.41, 5.74) is 1.24. The summed E-state index contributed by atoms with van der Waals surface area (Å²) in [4.78, 5) is 8.73. The second-order valence-electron chi connectivity index (χ2n) is 3.89. The van der Waals surface area contributed by atoms with Crippen molar-refractivity contribution in [2.24, 2.45) is 0 Å². The van der Waals surface area contributed by atoms with Crippen molar-refractivity contribution in [1.82, 2.24) is 20.2 Å². The predicted molar refractivity (Wildman–Crippen MR) is 58.7 cm³/mol. The second kappa shape index (κ2) is 3.73. The van der Waals surface area contributed by atoms with Crippen LogP contribution < -0.4 is 0 Å². The van der Waals surface area contributed by atoms with Crippen LogP contribution >= 0.6 is 11.3 Å². The number of hydrogen-bond donors (Lipinski definition) is 1. The average Bonchev–Trinajstić information content (AvgIpc) is 3.02. The number of rotatable bonds is 2. The Hall–Kier alpha value is -1.23. The topological polar surface area (TPSA) is 54.5 Å². The first-order chi connectivity index (χ1) is 7.43. The molecule has 5 heteroatoms. The average molecular weight is 220 g/mol. The summed E-state index contributed by atoms with van der Waals surface area (Å²) >= 11 is 1.65. The van der Waals surface area contributed by atoms with Crippen LogP contribution in [0.4, 0.5) is 0 Å². The van der Waals surface area contributed by atoms with Gasteiger partial charge in [0, 0.05) is 11.3 Å². The van der Waals surface area contributed by atoms with Gasteiger partial charge in [0.25, 0.3) is 0 Å². The third-order valence-electron chi connectivity index (χ3n) is 2.91. The zero-order valence-corrected chi connectivity index (χ0v) is 9.13. The van der Waals surface area contributed by atoms with E-state index in [-0.39, 0.29) is 0 Å². The maximum atomic E-state index is 4.62. The molecular formula is C10H12N4S. The van der Waals surface area contributed by atoms with E-state index < -0.39 is 0 Å². The maximum absolute atomic E-state index is 4.62. The summed E-state index contributed by atoms with van der Waals surface area (Å²) in [5.74, 6) is 1.46. The number of hydrogen-bond acceptors (Lipinski definition) is 4. The van der Waals surface area contributed by atoms with Gasteiger partial charge in [-0.05, 0) is 12.8 Å². The van der Waals surface area contributed by atoms with E-state index in [9.17, 15) is 0 Å². The van der Waals surface area contributed by atoms with Crippen LogP contribution in [0.5, 0.6) is 0 Å². The monoisotopic (exact) mass is 220 g/mol. The van der Waals surface area contributed by atoms with Crippen LogP contribution in [0.25, 0.3) is 10.8 Å². The largest absolute Gasteiger partial charge is 0.257 e. The molecule has 78 valence electrons. The minimum Gasteiger partial charge on any atom is -0.257 e. The van der Waals surface area contributed by atoms with Gasteiger partial charge in [0.1, 0.15) is 6.33 Å². The van der Waals surface area contributed by atoms with E-state index in [1.54, 1.807) is 11.3 Å². The number of thiazole rings is 1. The molecule has 1 aliphatic rings. The van der Waals surface area contributed by atoms with Crippen LogP contribution in [0.15, 0.2) is 11.7 Å². The molecule has 2 aromatic heterocycles. The Kier molecular flexibility index (Phi) is 2.25. The van der Waals surface area contributed by atoms with Gasteiger partial charge < -0.3 is 0 Å². The highest BCUT2D eigenvalue weighted by Crippen LogP contribution is 2.35. The highest BCUT2D eigenvalue weighted by atomic mass is 32.1. The first kappa shape index (κ1) is 9.03. The van der Waals surface area contributed by atoms with Crippen molar-refractivity contribution in [3.8, 4) is 10.8 Å². The van der Waals surface area contributed by atoms with Crippen LogP contribution in [0.3, 0.4) is 0 Å². The number of aromatic amines is 1. The van der Waals surface area contributed by atoms with Crippen molar-refractivity contribution in [2.75, 3.05) is 0 Å². The van der Waals surface area contributed by atoms with Crippen LogP contribution in [-0.4, -0.2) is 20.2 Å². The summed E-state index contributed by atoms with van der Waals surface area (Å²) in [6.07, 6.45) is 6.80. The lowest BCUT2D eigenvalue weighted by Gasteiger charge is -2.02. The molecule has 0 aliphatic heterocycles. The van der Waals surface area contributed by atoms with Gasteiger partial charge in [-0.3, -0.25) is 5.10 Å². The summed E-state index contributed by atoms with van der Waals surface area (Å²) < 4.78 is 0. The van der Waals surface area contributed by atoms with Gasteiger partial charge in [-0.2, -0.15) is 5.10 Å². The Balaban J connectivity index is 1.87. The number of H-pyrrole nitrogens is 1. The molecule has 1 saturated carbocycles. The fourth-order valence-corrected chi connectivity index (χ4v) is 2.96. The smallest absolute Gasteiger partial charge is 0.184 e. The van der Waals surface area contributed by atoms with Crippen molar-refractivity contribution >= 4 is 11.3 Å². The second-order valence-corrected chi connectivity index (χ2v) is 4.75. The van der Waals surface area contributed by atoms with E-state index in [0.717, 1.165) is 10.8 Å². The third kappa shape index (κ3) is 1.67. The Bertz CT molecular complexity index is 428. The summed E-state index contributed by atoms with van der Waals surface area (Å²) in [7, 11) is 0. The minimum absolute atomic E-state index is 0.679. The molecule has 0 aromatic carbocycles. The van der Waals surface area contributed by atoms with Crippen molar-refractivity contribution in [3.63, 3.8) is 0 Å². The molecule has 1 fully saturated rings. The molecule has 0 spiro atoms. The Labute approximate surface area is 91.8 Å². The van der Waals surface area contributed by atoms with Crippen molar-refractivity contribution in [2.45, 2.75) is 31.6 Å². The van der Waals surface area contributed by atoms with Gasteiger partial charge in [0.05, 0.1) is 5.69 Å². The first-order valence-corrected chi connectivity index (χ1v) is 6.12. The molecule has 0 atom stereocenters. The first-order valence-electron chi connectivity index (χ1n) is 5.24. The molecule has 1 aliphatic carbocycles. The fourth-order valence-electron chi connectivity index (χ4n) is 2.11. The van der Waals surface area contributed by atoms with E-state index in [1.165, 1.54) is 37.7 Å². The van der Waals surface area contributed by atoms with E-state index in [4.69, 9.17) is 0 Å². The molecular weight excluding hydrogens is 208 g/mol. The number of aromatic nitrogens is 4. The lowest BCUT2D eigenvalue weighted by atomic mass is 10.1. The molecule has 0 amide bonds. The van der Waals surface area contributed by atoms with Crippen molar-refractivity contribution in [3.05, 3.63) is 17.4 Å². The highest BCUT2D eigenvalue weighted by Gasteiger charge is 2.20. The van der Waals surface area contributed by atoms with Crippen molar-refractivity contribution in [1.29, 1.82) is 0 Å². The van der Waals surface area contributed by atoms with Crippen LogP contribution in [-0.2, 0) is 0 Å². The fraction of sp³-hybridized carbons (Fsp3) is 0.500. The van der Waals surface area contributed by atoms with Crippen molar-refractivity contribution < 1.29 is 0 Å². The molecule has 0 unspecified atom stereocenters. The van der Waals surface area contributed by atoms with E-state index in [0.29, 0.717) is 5.92 Å². The standard InChI is InChI=1S/C10H12N4S/c1-2-4-7(3-1)8-5-15-10(13-8)9-11-6-12-14-9/h5-7H,1-4H2,(H,11,12,14). The molecule has 0 saturated heterocycles. The summed E-state index contributed by atoms with van der Waals surface area (Å²) in [6, 6.07) is 0. The predicted octanol–water partition coefficient (Wildman–Crippen LogP) is 2.59. The zero-order chi connectivity index (χ0) is 10.1. The van der Waals surface area contributed by atoms with Crippen LogP contribution in [0.2, 0.25) is 0 Å². The molecule has 3 rings (SSSR count). The molecule has 1 N–H and O–H groups in total.